The number of aryl methyl sites for hydroxylation is 1. The fourth-order valence-corrected chi connectivity index (χ4v) is 6.72. The summed E-state index contributed by atoms with van der Waals surface area (Å²) in [6, 6.07) is 51.6. The molecule has 0 spiro atoms. The number of benzene rings is 6. The van der Waals surface area contributed by atoms with Crippen LogP contribution in [0.5, 0.6) is 0 Å². The molecule has 0 heterocycles. The van der Waals surface area contributed by atoms with Gasteiger partial charge in [0.25, 0.3) is 0 Å². The second-order valence-corrected chi connectivity index (χ2v) is 11.7. The van der Waals surface area contributed by atoms with Gasteiger partial charge < -0.3 is 0 Å². The molecule has 0 fully saturated rings. The lowest BCUT2D eigenvalue weighted by Gasteiger charge is -2.37. The van der Waals surface area contributed by atoms with Crippen molar-refractivity contribution in [2.45, 2.75) is 27.0 Å². The third kappa shape index (κ3) is 5.04. The molecular formula is C38H30S3. The first-order valence-corrected chi connectivity index (χ1v) is 15.0. The summed E-state index contributed by atoms with van der Waals surface area (Å²) in [6.45, 7) is 2.16. The minimum absolute atomic E-state index is 0.608. The zero-order valence-corrected chi connectivity index (χ0v) is 25.4. The van der Waals surface area contributed by atoms with E-state index >= 15 is 0 Å². The molecule has 0 aliphatic carbocycles. The third-order valence-corrected chi connectivity index (χ3v) is 9.07. The highest BCUT2D eigenvalue weighted by Crippen LogP contribution is 2.48. The van der Waals surface area contributed by atoms with Crippen LogP contribution in [0.15, 0.2) is 160 Å². The SMILES string of the molecule is Cc1ccccc1-c1cc(C(c2ccccc2)(c2ccccc2)c2ccc(S)c(-c3ccccc3S)c2)ccc1S. The van der Waals surface area contributed by atoms with Gasteiger partial charge in [-0.05, 0) is 87.3 Å². The van der Waals surface area contributed by atoms with Crippen molar-refractivity contribution in [1.29, 1.82) is 0 Å². The van der Waals surface area contributed by atoms with Crippen LogP contribution in [0.2, 0.25) is 0 Å². The van der Waals surface area contributed by atoms with Gasteiger partial charge in [-0.3, -0.25) is 0 Å². The van der Waals surface area contributed by atoms with Crippen molar-refractivity contribution < 1.29 is 0 Å². The Bertz CT molecular complexity index is 1690. The average Bonchev–Trinajstić information content (AvgIpc) is 3.01. The molecule has 0 amide bonds. The van der Waals surface area contributed by atoms with Crippen LogP contribution in [0.1, 0.15) is 27.8 Å². The molecule has 0 radical (unpaired) electrons. The highest BCUT2D eigenvalue weighted by molar-refractivity contribution is 7.81. The van der Waals surface area contributed by atoms with Crippen LogP contribution >= 0.6 is 37.9 Å². The van der Waals surface area contributed by atoms with Gasteiger partial charge >= 0.3 is 0 Å². The highest BCUT2D eigenvalue weighted by Gasteiger charge is 2.39. The van der Waals surface area contributed by atoms with E-state index in [1.165, 1.54) is 27.8 Å². The van der Waals surface area contributed by atoms with Crippen LogP contribution < -0.4 is 0 Å². The van der Waals surface area contributed by atoms with E-state index in [1.807, 2.05) is 12.1 Å². The summed E-state index contributed by atoms with van der Waals surface area (Å²) < 4.78 is 0. The van der Waals surface area contributed by atoms with Crippen molar-refractivity contribution >= 4 is 37.9 Å². The van der Waals surface area contributed by atoms with E-state index < -0.39 is 5.41 Å². The Labute approximate surface area is 259 Å². The van der Waals surface area contributed by atoms with Crippen LogP contribution in [-0.2, 0) is 5.41 Å². The average molecular weight is 583 g/mol. The second-order valence-electron chi connectivity index (χ2n) is 10.3. The summed E-state index contributed by atoms with van der Waals surface area (Å²) in [6.07, 6.45) is 0. The van der Waals surface area contributed by atoms with Gasteiger partial charge in [0.1, 0.15) is 0 Å². The van der Waals surface area contributed by atoms with Crippen molar-refractivity contribution in [3.05, 3.63) is 173 Å². The Hall–Kier alpha value is -3.63. The van der Waals surface area contributed by atoms with E-state index in [-0.39, 0.29) is 0 Å². The molecule has 3 heteroatoms. The van der Waals surface area contributed by atoms with E-state index in [4.69, 9.17) is 37.9 Å². The van der Waals surface area contributed by atoms with E-state index in [0.717, 1.165) is 36.9 Å². The third-order valence-electron chi connectivity index (χ3n) is 7.90. The van der Waals surface area contributed by atoms with Gasteiger partial charge in [-0.25, -0.2) is 0 Å². The molecule has 0 aromatic heterocycles. The lowest BCUT2D eigenvalue weighted by molar-refractivity contribution is 0.744. The Kier molecular flexibility index (Phi) is 7.86. The van der Waals surface area contributed by atoms with Crippen molar-refractivity contribution in [3.63, 3.8) is 0 Å². The van der Waals surface area contributed by atoms with E-state index in [9.17, 15) is 0 Å². The van der Waals surface area contributed by atoms with Crippen LogP contribution in [0, 0.1) is 6.92 Å². The van der Waals surface area contributed by atoms with E-state index in [2.05, 4.69) is 140 Å². The quantitative estimate of drug-likeness (QED) is 0.126. The lowest BCUT2D eigenvalue weighted by Crippen LogP contribution is -2.31. The Morgan fingerprint density at radius 3 is 1.29 bits per heavy atom. The summed E-state index contributed by atoms with van der Waals surface area (Å²) in [7, 11) is 0. The predicted octanol–water partition coefficient (Wildman–Crippen LogP) is 10.6. The Morgan fingerprint density at radius 2 is 0.780 bits per heavy atom. The fourth-order valence-electron chi connectivity index (χ4n) is 5.92. The summed E-state index contributed by atoms with van der Waals surface area (Å²) in [5, 5.41) is 0. The molecule has 0 aliphatic rings. The van der Waals surface area contributed by atoms with Crippen molar-refractivity contribution in [2.75, 3.05) is 0 Å². The summed E-state index contributed by atoms with van der Waals surface area (Å²) >= 11 is 14.6. The minimum Gasteiger partial charge on any atom is -0.143 e. The number of hydrogen-bond donors (Lipinski definition) is 3. The molecule has 0 bridgehead atoms. The molecule has 0 saturated carbocycles. The molecule has 0 N–H and O–H groups in total. The molecule has 200 valence electrons. The van der Waals surface area contributed by atoms with Gasteiger partial charge in [-0.15, -0.1) is 37.9 Å². The topological polar surface area (TPSA) is 0 Å². The van der Waals surface area contributed by atoms with Gasteiger partial charge in [0.2, 0.25) is 0 Å². The van der Waals surface area contributed by atoms with Crippen molar-refractivity contribution in [2.24, 2.45) is 0 Å². The van der Waals surface area contributed by atoms with Crippen molar-refractivity contribution in [1.82, 2.24) is 0 Å². The number of thiol groups is 3. The van der Waals surface area contributed by atoms with Crippen LogP contribution in [-0.4, -0.2) is 0 Å². The van der Waals surface area contributed by atoms with Gasteiger partial charge in [-0.1, -0.05) is 115 Å². The molecule has 0 nitrogen and oxygen atoms in total. The largest absolute Gasteiger partial charge is 0.143 e. The number of hydrogen-bond acceptors (Lipinski definition) is 3. The first-order chi connectivity index (χ1) is 20.0. The molecular weight excluding hydrogens is 553 g/mol. The Balaban J connectivity index is 1.73. The van der Waals surface area contributed by atoms with Crippen LogP contribution in [0.25, 0.3) is 22.3 Å². The monoisotopic (exact) mass is 582 g/mol. The molecule has 6 aromatic rings. The Morgan fingerprint density at radius 1 is 0.366 bits per heavy atom. The molecule has 0 unspecified atom stereocenters. The molecule has 6 aromatic carbocycles. The number of rotatable bonds is 6. The van der Waals surface area contributed by atoms with E-state index in [1.54, 1.807) is 0 Å². The minimum atomic E-state index is -0.608. The first kappa shape index (κ1) is 27.5. The predicted molar refractivity (Wildman–Crippen MR) is 182 cm³/mol. The van der Waals surface area contributed by atoms with Gasteiger partial charge in [0, 0.05) is 14.7 Å². The van der Waals surface area contributed by atoms with Crippen molar-refractivity contribution in [3.8, 4) is 22.3 Å². The fraction of sp³-hybridized carbons (Fsp3) is 0.0526. The zero-order chi connectivity index (χ0) is 28.4. The molecule has 0 atom stereocenters. The van der Waals surface area contributed by atoms with Gasteiger partial charge in [0.15, 0.2) is 0 Å². The molecule has 0 saturated heterocycles. The second kappa shape index (κ2) is 11.7. The normalized spacial score (nSPS) is 11.4. The van der Waals surface area contributed by atoms with Gasteiger partial charge in [-0.2, -0.15) is 0 Å². The summed E-state index contributed by atoms with van der Waals surface area (Å²) in [5.41, 5.74) is 9.72. The summed E-state index contributed by atoms with van der Waals surface area (Å²) in [4.78, 5) is 2.79. The van der Waals surface area contributed by atoms with Crippen LogP contribution in [0.3, 0.4) is 0 Å². The smallest absolute Gasteiger partial charge is 0.0702 e. The standard InChI is InChI=1S/C38H30S3/c1-26-12-8-9-17-31(26)33-24-29(20-22-36(33)40)38(27-13-4-2-5-14-27,28-15-6-3-7-16-28)30-21-23-37(41)34(25-30)32-18-10-11-19-35(32)39/h2-25,39-41H,1H3. The van der Waals surface area contributed by atoms with E-state index in [0.29, 0.717) is 0 Å². The molecule has 41 heavy (non-hydrogen) atoms. The summed E-state index contributed by atoms with van der Waals surface area (Å²) in [5.74, 6) is 0. The maximum atomic E-state index is 4.93. The first-order valence-electron chi connectivity index (χ1n) is 13.6. The molecule has 6 rings (SSSR count). The van der Waals surface area contributed by atoms with Gasteiger partial charge in [0.05, 0.1) is 5.41 Å². The lowest BCUT2D eigenvalue weighted by atomic mass is 9.64. The van der Waals surface area contributed by atoms with Crippen LogP contribution in [0.4, 0.5) is 0 Å². The zero-order valence-electron chi connectivity index (χ0n) is 22.7. The molecule has 0 aliphatic heterocycles. The highest BCUT2D eigenvalue weighted by atomic mass is 32.1. The maximum Gasteiger partial charge on any atom is 0.0702 e. The maximum absolute atomic E-state index is 4.93.